The molecule has 694 valence electrons. The Bertz CT molecular complexity index is 6380. The summed E-state index contributed by atoms with van der Waals surface area (Å²) in [6.07, 6.45) is 23.6. The van der Waals surface area contributed by atoms with E-state index in [1.807, 2.05) is 157 Å². The number of hydrogen-bond donors (Lipinski definition) is 12. The van der Waals surface area contributed by atoms with E-state index in [-0.39, 0.29) is 97.7 Å². The number of nitrogen functional groups attached to an aromatic ring is 4. The van der Waals surface area contributed by atoms with Crippen LogP contribution in [0, 0.1) is 71.7 Å². The number of amides is 2. The highest BCUT2D eigenvalue weighted by Crippen LogP contribution is 2.56. The standard InChI is InChI=1S/C30H34N6O2.C25H30N6O3.C24H27N5O2.C23H25N5O3/c1-18-4-6-22(7-5-18)25-24(36(8-3-9-37)28-26(25)27(31)33-17-34-28)13-23(32-2)29(38)35-30-14-19-10-20(15-30)12-21(11-19)16-30;1-5-25(3,14-33)30-24(34)18(27-4)13-19-20(17-9-7-16(2)8-10-17)21-22(26)28-15-29-23(21)31(19)11-6-12-32;1-4-5-7-20(31)18(26-3)14-19-21(17-10-8-16(2)9-11-17)22-23(25)27-15-28-24(22)29(19)12-6-13-30;1-15-6-8-16(9-7-15)20-18(13-17(25-2)19(31)5-3-11-29)28(10-4-12-30)23-21(20)22(24)26-14-27-23/h4-7,13,17,19-21,37H,3,8-12,14-16H2,1H3,(H,35,38)(H2,31,33,34);7-10,13,15,32-33H,5-6,11-12,14H2,1-3H3,(H,30,34)(H2,26,28,29);8-11,14-15,30H,4-7,12-13H2,1-2H3,(H2,25,27,28);6-9,13-14,29-30H,3-5,10-12H2,1H3,(H2,24,26,27)/b23-13-;18-13-;18-14-;17-13-. The number of aliphatic hydroxyl groups excluding tert-OH is 6. The molecule has 4 saturated carbocycles. The van der Waals surface area contributed by atoms with Crippen molar-refractivity contribution in [1.82, 2.24) is 68.8 Å². The van der Waals surface area contributed by atoms with Crippen LogP contribution in [0.3, 0.4) is 0 Å². The number of rotatable bonds is 34. The fraction of sp³-hybridized carbons (Fsp3) is 0.373. The summed E-state index contributed by atoms with van der Waals surface area (Å²) in [4.78, 5) is 101. The summed E-state index contributed by atoms with van der Waals surface area (Å²) in [6, 6.07) is 31.7. The number of unbranched alkanes of at least 4 members (excludes halogenated alkanes) is 1. The predicted molar refractivity (Wildman–Crippen MR) is 522 cm³/mol. The second-order valence-corrected chi connectivity index (χ2v) is 34.8. The Balaban J connectivity index is 0.000000162. The molecule has 16 rings (SSSR count). The Morgan fingerprint density at radius 2 is 0.679 bits per heavy atom. The molecule has 0 spiro atoms. The van der Waals surface area contributed by atoms with Crippen LogP contribution in [0.4, 0.5) is 23.3 Å². The molecule has 4 aliphatic rings. The van der Waals surface area contributed by atoms with Crippen molar-refractivity contribution in [2.45, 2.75) is 188 Å². The SMILES string of the molecule is [C-]#[N+]/C(=C\c1c(-c2ccc(C)cc2)c2c(N)ncnc2n1CCCO)C(=O)CCCC.[C-]#[N+]/C(=C\c1c(-c2ccc(C)cc2)c2c(N)ncnc2n1CCCO)C(=O)CCCO.[C-]#[N+]/C(=C\c1c(-c2ccc(C)cc2)c2c(N)ncnc2n1CCCO)C(=O)NC(C)(CC)CO.[C-]#[N+]/C(=C\c1c(-c2ccc(C)cc2)c2c(N)ncnc2n1CCCO)C(=O)NC12CC3CC(CC(C3)C1)C2. The third-order valence-electron chi connectivity index (χ3n) is 25.1. The van der Waals surface area contributed by atoms with Gasteiger partial charge in [-0.1, -0.05) is 140 Å². The molecule has 134 heavy (non-hydrogen) atoms. The lowest BCUT2D eigenvalue weighted by molar-refractivity contribution is -0.123. The summed E-state index contributed by atoms with van der Waals surface area (Å²) in [5, 5.41) is 65.4. The third kappa shape index (κ3) is 22.1. The number of nitrogens with one attached hydrogen (secondary N) is 2. The number of nitrogens with zero attached hydrogens (tertiary/aromatic N) is 16. The minimum absolute atomic E-state index is 0.00540. The van der Waals surface area contributed by atoms with E-state index in [0.29, 0.717) is 179 Å². The first-order valence-corrected chi connectivity index (χ1v) is 45.2. The van der Waals surface area contributed by atoms with Gasteiger partial charge in [0.05, 0.1) is 60.0 Å². The van der Waals surface area contributed by atoms with Gasteiger partial charge in [-0.3, -0.25) is 9.59 Å². The van der Waals surface area contributed by atoms with Gasteiger partial charge in [0.15, 0.2) is 11.6 Å². The third-order valence-corrected chi connectivity index (χ3v) is 25.1. The van der Waals surface area contributed by atoms with Crippen molar-refractivity contribution < 1.29 is 49.8 Å². The second kappa shape index (κ2) is 45.1. The molecule has 8 aromatic heterocycles. The number of carbonyl (C=O) groups excluding carboxylic acids is 4. The molecule has 0 aliphatic heterocycles. The maximum absolute atomic E-state index is 13.7. The van der Waals surface area contributed by atoms with E-state index in [1.54, 1.807) is 25.2 Å². The van der Waals surface area contributed by atoms with E-state index in [4.69, 9.17) is 54.3 Å². The number of allylic oxidation sites excluding steroid dienone is 2. The molecular formula is C102H116N22O10. The van der Waals surface area contributed by atoms with Gasteiger partial charge in [0.25, 0.3) is 23.2 Å². The molecule has 1 atom stereocenters. The molecule has 4 aromatic carbocycles. The number of ketones is 2. The van der Waals surface area contributed by atoms with Crippen LogP contribution < -0.4 is 33.6 Å². The number of aliphatic hydroxyl groups is 6. The zero-order valence-corrected chi connectivity index (χ0v) is 76.8. The van der Waals surface area contributed by atoms with Crippen LogP contribution in [0.5, 0.6) is 0 Å². The van der Waals surface area contributed by atoms with E-state index in [2.05, 4.69) is 69.9 Å². The van der Waals surface area contributed by atoms with Crippen molar-refractivity contribution in [1.29, 1.82) is 0 Å². The summed E-state index contributed by atoms with van der Waals surface area (Å²) >= 11 is 0. The van der Waals surface area contributed by atoms with Crippen molar-refractivity contribution in [3.05, 3.63) is 236 Å². The highest BCUT2D eigenvalue weighted by atomic mass is 16.3. The molecule has 4 fully saturated rings. The van der Waals surface area contributed by atoms with Crippen molar-refractivity contribution in [3.8, 4) is 44.5 Å². The van der Waals surface area contributed by atoms with Gasteiger partial charge in [-0.15, -0.1) is 0 Å². The first kappa shape index (κ1) is 98.6. The van der Waals surface area contributed by atoms with E-state index < -0.39 is 11.4 Å². The minimum Gasteiger partial charge on any atom is -0.396 e. The average Bonchev–Trinajstić information content (AvgIpc) is 0.867. The van der Waals surface area contributed by atoms with Crippen molar-refractivity contribution in [3.63, 3.8) is 0 Å². The molecule has 2 amide bonds. The number of anilines is 4. The van der Waals surface area contributed by atoms with Crippen LogP contribution in [-0.2, 0) is 45.4 Å². The normalized spacial score (nSPS) is 16.2. The number of hydrogen-bond acceptors (Lipinski definition) is 22. The average molecular weight is 1810 g/mol. The largest absolute Gasteiger partial charge is 0.396 e. The number of carbonyl (C=O) groups is 4. The second-order valence-electron chi connectivity index (χ2n) is 34.8. The van der Waals surface area contributed by atoms with Crippen LogP contribution >= 0.6 is 0 Å². The summed E-state index contributed by atoms with van der Waals surface area (Å²) in [6.45, 7) is 45.7. The van der Waals surface area contributed by atoms with E-state index in [1.165, 1.54) is 50.6 Å². The summed E-state index contributed by atoms with van der Waals surface area (Å²) in [5.74, 6) is 1.93. The summed E-state index contributed by atoms with van der Waals surface area (Å²) in [7, 11) is 0. The summed E-state index contributed by atoms with van der Waals surface area (Å²) < 4.78 is 7.57. The van der Waals surface area contributed by atoms with Crippen LogP contribution in [0.2, 0.25) is 0 Å². The molecule has 0 saturated heterocycles. The first-order chi connectivity index (χ1) is 64.7. The number of aryl methyl sites for hydroxylation is 8. The van der Waals surface area contributed by atoms with Gasteiger partial charge in [0.1, 0.15) is 71.2 Å². The topological polar surface area (TPSA) is 458 Å². The monoisotopic (exact) mass is 1810 g/mol. The fourth-order valence-electron chi connectivity index (χ4n) is 18.5. The Labute approximate surface area is 778 Å². The lowest BCUT2D eigenvalue weighted by Crippen LogP contribution is -2.59. The Morgan fingerprint density at radius 1 is 0.410 bits per heavy atom. The molecule has 32 heteroatoms. The van der Waals surface area contributed by atoms with Gasteiger partial charge < -0.3 is 92.1 Å². The van der Waals surface area contributed by atoms with Crippen molar-refractivity contribution >= 4 is 115 Å². The summed E-state index contributed by atoms with van der Waals surface area (Å²) in [5.41, 5.74) is 39.9. The first-order valence-electron chi connectivity index (χ1n) is 45.2. The van der Waals surface area contributed by atoms with Crippen molar-refractivity contribution in [2.24, 2.45) is 17.8 Å². The van der Waals surface area contributed by atoms with Crippen LogP contribution in [-0.4, -0.2) is 163 Å². The molecule has 0 radical (unpaired) electrons. The highest BCUT2D eigenvalue weighted by molar-refractivity contribution is 6.12. The minimum atomic E-state index is -0.847. The smallest absolute Gasteiger partial charge is 0.252 e. The number of aromatic nitrogens is 12. The molecule has 4 bridgehead atoms. The van der Waals surface area contributed by atoms with Gasteiger partial charge in [0.2, 0.25) is 11.4 Å². The molecular weight excluding hydrogens is 1690 g/mol. The quantitative estimate of drug-likeness (QED) is 0.0132. The van der Waals surface area contributed by atoms with Gasteiger partial charge in [0, 0.05) is 123 Å². The van der Waals surface area contributed by atoms with Crippen LogP contribution in [0.1, 0.15) is 169 Å². The maximum Gasteiger partial charge on any atom is 0.252 e. The zero-order valence-electron chi connectivity index (χ0n) is 76.8. The van der Waals surface area contributed by atoms with E-state index in [0.717, 1.165) is 93.3 Å². The highest BCUT2D eigenvalue weighted by Gasteiger charge is 2.52. The predicted octanol–water partition coefficient (Wildman–Crippen LogP) is 15.0. The van der Waals surface area contributed by atoms with E-state index >= 15 is 0 Å². The molecule has 8 heterocycles. The van der Waals surface area contributed by atoms with Gasteiger partial charge in [-0.05, 0) is 182 Å². The Morgan fingerprint density at radius 3 is 0.933 bits per heavy atom. The van der Waals surface area contributed by atoms with E-state index in [9.17, 15) is 44.7 Å². The van der Waals surface area contributed by atoms with Crippen molar-refractivity contribution in [2.75, 3.05) is 62.6 Å². The van der Waals surface area contributed by atoms with Gasteiger partial charge in [-0.2, -0.15) is 0 Å². The molecule has 4 aliphatic carbocycles. The Hall–Kier alpha value is -14.5. The zero-order chi connectivity index (χ0) is 96.1. The number of benzene rings is 4. The molecule has 16 N–H and O–H groups in total. The fourth-order valence-corrected chi connectivity index (χ4v) is 18.5. The maximum atomic E-state index is 13.7. The van der Waals surface area contributed by atoms with Crippen LogP contribution in [0.15, 0.2) is 145 Å². The molecule has 12 aromatic rings. The number of Topliss-reactive ketones (excluding diaryl/α,β-unsaturated/α-hetero) is 2. The lowest BCUT2D eigenvalue weighted by atomic mass is 9.53. The number of nitrogens with two attached hydrogens (primary N) is 4. The number of fused-ring (bicyclic) bond motifs is 4. The lowest BCUT2D eigenvalue weighted by Gasteiger charge is -2.57. The van der Waals surface area contributed by atoms with Gasteiger partial charge >= 0.3 is 0 Å². The molecule has 1 unspecified atom stereocenters. The van der Waals surface area contributed by atoms with Crippen LogP contribution in [0.25, 0.3) is 132 Å². The Kier molecular flexibility index (Phi) is 33.2. The van der Waals surface area contributed by atoms with Gasteiger partial charge in [-0.25, -0.2) is 59.3 Å². The molecule has 32 nitrogen and oxygen atoms in total.